The lowest BCUT2D eigenvalue weighted by molar-refractivity contribution is 0.370. The van der Waals surface area contributed by atoms with Crippen LogP contribution in [0.4, 0.5) is 0 Å². The lowest BCUT2D eigenvalue weighted by Gasteiger charge is -2.09. The smallest absolute Gasteiger partial charge is 0.160 e. The predicted molar refractivity (Wildman–Crippen MR) is 56.6 cm³/mol. The highest BCUT2D eigenvalue weighted by molar-refractivity contribution is 5.45. The van der Waals surface area contributed by atoms with Gasteiger partial charge in [0.2, 0.25) is 0 Å². The lowest BCUT2D eigenvalue weighted by atomic mass is 10.1. The number of methoxy groups -OCH3 is 1. The van der Waals surface area contributed by atoms with Crippen LogP contribution in [0.3, 0.4) is 0 Å². The van der Waals surface area contributed by atoms with Crippen molar-refractivity contribution < 1.29 is 9.84 Å². The van der Waals surface area contributed by atoms with Crippen molar-refractivity contribution in [3.05, 3.63) is 23.8 Å². The summed E-state index contributed by atoms with van der Waals surface area (Å²) in [6.07, 6.45) is 1.64. The van der Waals surface area contributed by atoms with Crippen LogP contribution < -0.4 is 10.5 Å². The van der Waals surface area contributed by atoms with Crippen molar-refractivity contribution in [2.24, 2.45) is 5.73 Å². The van der Waals surface area contributed by atoms with Gasteiger partial charge in [-0.15, -0.1) is 0 Å². The Morgan fingerprint density at radius 3 is 2.79 bits per heavy atom. The van der Waals surface area contributed by atoms with Crippen LogP contribution in [0.25, 0.3) is 0 Å². The van der Waals surface area contributed by atoms with Crippen molar-refractivity contribution in [2.45, 2.75) is 25.8 Å². The second-order valence-electron chi connectivity index (χ2n) is 3.48. The Labute approximate surface area is 84.5 Å². The minimum atomic E-state index is 0.153. The predicted octanol–water partition coefficient (Wildman–Crippen LogP) is 1.68. The maximum atomic E-state index is 9.74. The minimum Gasteiger partial charge on any atom is -0.504 e. The molecule has 3 heteroatoms. The molecule has 0 aromatic heterocycles. The first-order valence-corrected chi connectivity index (χ1v) is 4.75. The Morgan fingerprint density at radius 1 is 1.50 bits per heavy atom. The Kier molecular flexibility index (Phi) is 3.77. The number of para-hydroxylation sites is 1. The Balaban J connectivity index is 2.76. The standard InChI is InChI=1S/C11H17NO2/c1-8(12)6-7-9-4-3-5-10(14-2)11(9)13/h3-5,8,13H,6-7,12H2,1-2H3/t8-/m0/s1. The molecule has 0 bridgehead atoms. The third-order valence-electron chi connectivity index (χ3n) is 2.17. The molecule has 78 valence electrons. The molecular formula is C11H17NO2. The summed E-state index contributed by atoms with van der Waals surface area (Å²) in [5.74, 6) is 0.753. The van der Waals surface area contributed by atoms with Gasteiger partial charge in [0.15, 0.2) is 11.5 Å². The largest absolute Gasteiger partial charge is 0.504 e. The average molecular weight is 195 g/mol. The summed E-state index contributed by atoms with van der Waals surface area (Å²) < 4.78 is 5.01. The normalized spacial score (nSPS) is 12.5. The summed E-state index contributed by atoms with van der Waals surface area (Å²) in [5, 5.41) is 9.74. The van der Waals surface area contributed by atoms with Crippen molar-refractivity contribution in [1.29, 1.82) is 0 Å². The number of phenolic OH excluding ortho intramolecular Hbond substituents is 1. The quantitative estimate of drug-likeness (QED) is 0.768. The Bertz CT molecular complexity index is 297. The number of hydrogen-bond donors (Lipinski definition) is 2. The number of phenols is 1. The number of rotatable bonds is 4. The lowest BCUT2D eigenvalue weighted by Crippen LogP contribution is -2.15. The zero-order chi connectivity index (χ0) is 10.6. The molecular weight excluding hydrogens is 178 g/mol. The fraction of sp³-hybridized carbons (Fsp3) is 0.455. The van der Waals surface area contributed by atoms with E-state index in [1.54, 1.807) is 13.2 Å². The molecule has 0 radical (unpaired) electrons. The molecule has 0 aliphatic heterocycles. The van der Waals surface area contributed by atoms with Crippen molar-refractivity contribution in [1.82, 2.24) is 0 Å². The molecule has 0 aliphatic carbocycles. The second kappa shape index (κ2) is 4.86. The molecule has 1 rings (SSSR count). The highest BCUT2D eigenvalue weighted by atomic mass is 16.5. The van der Waals surface area contributed by atoms with Gasteiger partial charge >= 0.3 is 0 Å². The van der Waals surface area contributed by atoms with E-state index in [2.05, 4.69) is 0 Å². The number of aryl methyl sites for hydroxylation is 1. The highest BCUT2D eigenvalue weighted by Crippen LogP contribution is 2.30. The van der Waals surface area contributed by atoms with Gasteiger partial charge in [-0.05, 0) is 31.4 Å². The zero-order valence-electron chi connectivity index (χ0n) is 8.66. The molecule has 3 N–H and O–H groups in total. The van der Waals surface area contributed by atoms with Crippen molar-refractivity contribution in [3.63, 3.8) is 0 Å². The molecule has 0 unspecified atom stereocenters. The number of aromatic hydroxyl groups is 1. The van der Waals surface area contributed by atoms with Gasteiger partial charge < -0.3 is 15.6 Å². The molecule has 1 aromatic carbocycles. The van der Waals surface area contributed by atoms with E-state index in [1.807, 2.05) is 19.1 Å². The number of ether oxygens (including phenoxy) is 1. The van der Waals surface area contributed by atoms with E-state index in [0.717, 1.165) is 18.4 Å². The summed E-state index contributed by atoms with van der Waals surface area (Å²) in [5.41, 5.74) is 6.54. The van der Waals surface area contributed by atoms with E-state index >= 15 is 0 Å². The monoisotopic (exact) mass is 195 g/mol. The van der Waals surface area contributed by atoms with Crippen LogP contribution in [0.15, 0.2) is 18.2 Å². The molecule has 0 heterocycles. The van der Waals surface area contributed by atoms with Crippen LogP contribution in [0, 0.1) is 0 Å². The third-order valence-corrected chi connectivity index (χ3v) is 2.17. The Morgan fingerprint density at radius 2 is 2.21 bits per heavy atom. The third kappa shape index (κ3) is 2.64. The molecule has 0 fully saturated rings. The van der Waals surface area contributed by atoms with Crippen LogP contribution in [-0.2, 0) is 6.42 Å². The van der Waals surface area contributed by atoms with E-state index in [-0.39, 0.29) is 11.8 Å². The molecule has 0 saturated carbocycles. The van der Waals surface area contributed by atoms with E-state index in [0.29, 0.717) is 5.75 Å². The number of benzene rings is 1. The van der Waals surface area contributed by atoms with E-state index in [4.69, 9.17) is 10.5 Å². The van der Waals surface area contributed by atoms with Gasteiger partial charge in [0.25, 0.3) is 0 Å². The molecule has 0 aliphatic rings. The van der Waals surface area contributed by atoms with Gasteiger partial charge in [-0.25, -0.2) is 0 Å². The SMILES string of the molecule is COc1cccc(CC[C@H](C)N)c1O. The van der Waals surface area contributed by atoms with Gasteiger partial charge in [0, 0.05) is 6.04 Å². The molecule has 0 spiro atoms. The van der Waals surface area contributed by atoms with Crippen LogP contribution in [0.5, 0.6) is 11.5 Å². The maximum Gasteiger partial charge on any atom is 0.160 e. The summed E-state index contributed by atoms with van der Waals surface area (Å²) in [6, 6.07) is 5.65. The van der Waals surface area contributed by atoms with Crippen LogP contribution in [0.1, 0.15) is 18.9 Å². The van der Waals surface area contributed by atoms with Gasteiger partial charge in [0.05, 0.1) is 7.11 Å². The highest BCUT2D eigenvalue weighted by Gasteiger charge is 2.07. The summed E-state index contributed by atoms with van der Waals surface area (Å²) >= 11 is 0. The Hall–Kier alpha value is -1.22. The molecule has 14 heavy (non-hydrogen) atoms. The van der Waals surface area contributed by atoms with Gasteiger partial charge in [-0.1, -0.05) is 12.1 Å². The number of hydrogen-bond acceptors (Lipinski definition) is 3. The maximum absolute atomic E-state index is 9.74. The topological polar surface area (TPSA) is 55.5 Å². The van der Waals surface area contributed by atoms with E-state index in [1.165, 1.54) is 0 Å². The number of nitrogens with two attached hydrogens (primary N) is 1. The summed E-state index contributed by atoms with van der Waals surface area (Å²) in [7, 11) is 1.55. The van der Waals surface area contributed by atoms with Crippen LogP contribution in [-0.4, -0.2) is 18.3 Å². The van der Waals surface area contributed by atoms with E-state index in [9.17, 15) is 5.11 Å². The van der Waals surface area contributed by atoms with Crippen molar-refractivity contribution >= 4 is 0 Å². The average Bonchev–Trinajstić information content (AvgIpc) is 2.16. The molecule has 1 atom stereocenters. The van der Waals surface area contributed by atoms with Gasteiger partial charge in [-0.2, -0.15) is 0 Å². The first kappa shape index (κ1) is 10.9. The second-order valence-corrected chi connectivity index (χ2v) is 3.48. The summed E-state index contributed by atoms with van der Waals surface area (Å²) in [4.78, 5) is 0. The fourth-order valence-corrected chi connectivity index (χ4v) is 1.32. The van der Waals surface area contributed by atoms with Gasteiger partial charge in [0.1, 0.15) is 0 Å². The summed E-state index contributed by atoms with van der Waals surface area (Å²) in [6.45, 7) is 1.96. The van der Waals surface area contributed by atoms with Crippen molar-refractivity contribution in [3.8, 4) is 11.5 Å². The molecule has 1 aromatic rings. The van der Waals surface area contributed by atoms with E-state index < -0.39 is 0 Å². The van der Waals surface area contributed by atoms with Crippen molar-refractivity contribution in [2.75, 3.05) is 7.11 Å². The van der Waals surface area contributed by atoms with Crippen LogP contribution >= 0.6 is 0 Å². The minimum absolute atomic E-state index is 0.153. The zero-order valence-corrected chi connectivity index (χ0v) is 8.66. The fourth-order valence-electron chi connectivity index (χ4n) is 1.32. The first-order valence-electron chi connectivity index (χ1n) is 4.75. The first-order chi connectivity index (χ1) is 6.65. The van der Waals surface area contributed by atoms with Gasteiger partial charge in [-0.3, -0.25) is 0 Å². The molecule has 0 amide bonds. The molecule has 3 nitrogen and oxygen atoms in total. The van der Waals surface area contributed by atoms with Crippen LogP contribution in [0.2, 0.25) is 0 Å². The molecule has 0 saturated heterocycles.